The summed E-state index contributed by atoms with van der Waals surface area (Å²) >= 11 is 0. The van der Waals surface area contributed by atoms with Crippen LogP contribution in [0.3, 0.4) is 0 Å². The number of hydrogen-bond acceptors (Lipinski definition) is 6. The van der Waals surface area contributed by atoms with E-state index in [9.17, 15) is 19.7 Å². The van der Waals surface area contributed by atoms with E-state index in [1.807, 2.05) is 29.2 Å². The molecular weight excluding hydrogens is 410 g/mol. The first kappa shape index (κ1) is 20.4. The van der Waals surface area contributed by atoms with Crippen molar-refractivity contribution in [3.63, 3.8) is 0 Å². The summed E-state index contributed by atoms with van der Waals surface area (Å²) in [5, 5.41) is 11.1. The van der Waals surface area contributed by atoms with Crippen LogP contribution in [0.4, 0.5) is 11.4 Å². The number of imide groups is 1. The van der Waals surface area contributed by atoms with Gasteiger partial charge in [-0.15, -0.1) is 0 Å². The van der Waals surface area contributed by atoms with Crippen molar-refractivity contribution >= 4 is 28.8 Å². The van der Waals surface area contributed by atoms with Gasteiger partial charge in [0, 0.05) is 31.0 Å². The lowest BCUT2D eigenvalue weighted by atomic mass is 9.98. The minimum atomic E-state index is -0.481. The van der Waals surface area contributed by atoms with Crippen molar-refractivity contribution in [2.45, 2.75) is 31.8 Å². The maximum absolute atomic E-state index is 13.6. The summed E-state index contributed by atoms with van der Waals surface area (Å²) in [6.45, 7) is 1.47. The molecule has 8 nitrogen and oxygen atoms in total. The second-order valence-corrected chi connectivity index (χ2v) is 8.27. The normalized spacial score (nSPS) is 20.8. The first-order chi connectivity index (χ1) is 15.5. The van der Waals surface area contributed by atoms with E-state index in [-0.39, 0.29) is 30.2 Å². The molecule has 1 saturated heterocycles. The molecule has 2 amide bonds. The number of ether oxygens (including phenoxy) is 1. The van der Waals surface area contributed by atoms with Gasteiger partial charge in [-0.2, -0.15) is 0 Å². The molecule has 3 aliphatic heterocycles. The Balaban J connectivity index is 1.60. The smallest absolute Gasteiger partial charge is 0.278 e. The molecule has 0 saturated carbocycles. The zero-order chi connectivity index (χ0) is 22.2. The number of nitro groups is 1. The fourth-order valence-electron chi connectivity index (χ4n) is 4.75. The summed E-state index contributed by atoms with van der Waals surface area (Å²) in [6, 6.07) is 13.7. The highest BCUT2D eigenvalue weighted by molar-refractivity contribution is 6.36. The maximum atomic E-state index is 13.6. The summed E-state index contributed by atoms with van der Waals surface area (Å²) < 4.78 is 5.68. The van der Waals surface area contributed by atoms with Crippen LogP contribution in [0.25, 0.3) is 5.57 Å². The number of rotatable bonds is 5. The number of anilines is 1. The quantitative estimate of drug-likeness (QED) is 0.408. The summed E-state index contributed by atoms with van der Waals surface area (Å²) in [5.41, 5.74) is 3.13. The predicted molar refractivity (Wildman–Crippen MR) is 118 cm³/mol. The van der Waals surface area contributed by atoms with Gasteiger partial charge in [-0.25, -0.2) is 0 Å². The second-order valence-electron chi connectivity index (χ2n) is 8.27. The van der Waals surface area contributed by atoms with Crippen LogP contribution in [0.1, 0.15) is 30.4 Å². The summed E-state index contributed by atoms with van der Waals surface area (Å²) in [6.07, 6.45) is 3.34. The van der Waals surface area contributed by atoms with Gasteiger partial charge in [0.25, 0.3) is 17.5 Å². The van der Waals surface area contributed by atoms with Crippen molar-refractivity contribution in [2.75, 3.05) is 24.6 Å². The molecule has 1 fully saturated rings. The van der Waals surface area contributed by atoms with E-state index in [1.54, 1.807) is 12.1 Å². The molecule has 32 heavy (non-hydrogen) atoms. The van der Waals surface area contributed by atoms with Gasteiger partial charge in [0.2, 0.25) is 0 Å². The molecule has 0 aliphatic carbocycles. The Labute approximate surface area is 185 Å². The summed E-state index contributed by atoms with van der Waals surface area (Å²) in [7, 11) is 0. The average Bonchev–Trinajstić information content (AvgIpc) is 3.41. The van der Waals surface area contributed by atoms with Gasteiger partial charge < -0.3 is 9.64 Å². The SMILES string of the molecule is O=C1C(c2ccc([N+](=O)[O-])cc2)=C(N2CCCc3ccccc32)C(=O)N1CC1CCCO1. The highest BCUT2D eigenvalue weighted by atomic mass is 16.6. The Kier molecular flexibility index (Phi) is 5.22. The lowest BCUT2D eigenvalue weighted by molar-refractivity contribution is -0.384. The Morgan fingerprint density at radius 2 is 1.81 bits per heavy atom. The number of fused-ring (bicyclic) bond motifs is 1. The molecule has 1 unspecified atom stereocenters. The van der Waals surface area contributed by atoms with Crippen LogP contribution in [-0.4, -0.2) is 47.4 Å². The molecule has 0 spiro atoms. The molecule has 0 bridgehead atoms. The fraction of sp³-hybridized carbons (Fsp3) is 0.333. The zero-order valence-corrected chi connectivity index (χ0v) is 17.5. The minimum Gasteiger partial charge on any atom is -0.376 e. The monoisotopic (exact) mass is 433 g/mol. The van der Waals surface area contributed by atoms with E-state index in [2.05, 4.69) is 0 Å². The van der Waals surface area contributed by atoms with Crippen LogP contribution in [-0.2, 0) is 20.7 Å². The van der Waals surface area contributed by atoms with E-state index in [4.69, 9.17) is 4.74 Å². The van der Waals surface area contributed by atoms with Crippen molar-refractivity contribution < 1.29 is 19.2 Å². The van der Waals surface area contributed by atoms with Gasteiger partial charge in [-0.3, -0.25) is 24.6 Å². The Hall–Kier alpha value is -3.52. The van der Waals surface area contributed by atoms with Crippen LogP contribution in [0, 0.1) is 10.1 Å². The van der Waals surface area contributed by atoms with Crippen LogP contribution in [0.2, 0.25) is 0 Å². The molecule has 1 atom stereocenters. The standard InChI is InChI=1S/C24H23N3O5/c28-23-21(17-9-11-18(12-10-17)27(30)31)22(24(29)26(23)15-19-7-4-14-32-19)25-13-3-6-16-5-1-2-8-20(16)25/h1-2,5,8-12,19H,3-4,6-7,13-15H2. The zero-order valence-electron chi connectivity index (χ0n) is 17.5. The minimum absolute atomic E-state index is 0.0628. The number of non-ortho nitro benzene ring substituents is 1. The largest absolute Gasteiger partial charge is 0.376 e. The number of aryl methyl sites for hydroxylation is 1. The molecule has 0 aromatic heterocycles. The fourth-order valence-corrected chi connectivity index (χ4v) is 4.75. The number of nitrogens with zero attached hydrogens (tertiary/aromatic N) is 3. The van der Waals surface area contributed by atoms with Gasteiger partial charge >= 0.3 is 0 Å². The number of benzene rings is 2. The number of carbonyl (C=O) groups is 2. The molecule has 0 N–H and O–H groups in total. The maximum Gasteiger partial charge on any atom is 0.278 e. The number of carbonyl (C=O) groups excluding carboxylic acids is 2. The molecule has 2 aromatic carbocycles. The van der Waals surface area contributed by atoms with Gasteiger partial charge in [0.1, 0.15) is 5.70 Å². The topological polar surface area (TPSA) is 93.0 Å². The number of para-hydroxylation sites is 1. The third kappa shape index (κ3) is 3.46. The first-order valence-corrected chi connectivity index (χ1v) is 10.9. The molecule has 3 heterocycles. The van der Waals surface area contributed by atoms with Gasteiger partial charge in [-0.05, 0) is 55.0 Å². The number of amides is 2. The molecule has 8 heteroatoms. The summed E-state index contributed by atoms with van der Waals surface area (Å²) in [4.78, 5) is 41.0. The molecule has 5 rings (SSSR count). The Morgan fingerprint density at radius 3 is 2.53 bits per heavy atom. The van der Waals surface area contributed by atoms with E-state index >= 15 is 0 Å². The van der Waals surface area contributed by atoms with Crippen molar-refractivity contribution in [3.05, 3.63) is 75.5 Å². The van der Waals surface area contributed by atoms with Gasteiger partial charge in [0.05, 0.1) is 23.1 Å². The average molecular weight is 433 g/mol. The summed E-state index contributed by atoms with van der Waals surface area (Å²) in [5.74, 6) is -0.715. The van der Waals surface area contributed by atoms with Gasteiger partial charge in [-0.1, -0.05) is 18.2 Å². The molecule has 3 aliphatic rings. The van der Waals surface area contributed by atoms with Gasteiger partial charge in [0.15, 0.2) is 0 Å². The third-order valence-corrected chi connectivity index (χ3v) is 6.30. The first-order valence-electron chi connectivity index (χ1n) is 10.9. The van der Waals surface area contributed by atoms with Crippen molar-refractivity contribution in [3.8, 4) is 0 Å². The van der Waals surface area contributed by atoms with Crippen LogP contribution < -0.4 is 4.90 Å². The van der Waals surface area contributed by atoms with Crippen LogP contribution >= 0.6 is 0 Å². The van der Waals surface area contributed by atoms with E-state index in [0.717, 1.165) is 36.9 Å². The van der Waals surface area contributed by atoms with Crippen molar-refractivity contribution in [1.29, 1.82) is 0 Å². The highest BCUT2D eigenvalue weighted by Crippen LogP contribution is 2.38. The van der Waals surface area contributed by atoms with Crippen molar-refractivity contribution in [1.82, 2.24) is 4.90 Å². The Bertz CT molecular complexity index is 1120. The second kappa shape index (κ2) is 8.20. The molecule has 2 aromatic rings. The molecular formula is C24H23N3O5. The lowest BCUT2D eigenvalue weighted by Gasteiger charge is -2.32. The predicted octanol–water partition coefficient (Wildman–Crippen LogP) is 3.31. The van der Waals surface area contributed by atoms with Crippen LogP contribution in [0.5, 0.6) is 0 Å². The molecule has 0 radical (unpaired) electrons. The third-order valence-electron chi connectivity index (χ3n) is 6.30. The number of hydrogen-bond donors (Lipinski definition) is 0. The van der Waals surface area contributed by atoms with E-state index in [0.29, 0.717) is 30.0 Å². The van der Waals surface area contributed by atoms with E-state index < -0.39 is 4.92 Å². The molecule has 164 valence electrons. The van der Waals surface area contributed by atoms with Crippen LogP contribution in [0.15, 0.2) is 54.2 Å². The van der Waals surface area contributed by atoms with Crippen molar-refractivity contribution in [2.24, 2.45) is 0 Å². The highest BCUT2D eigenvalue weighted by Gasteiger charge is 2.43. The Morgan fingerprint density at radius 1 is 1.03 bits per heavy atom. The van der Waals surface area contributed by atoms with E-state index in [1.165, 1.54) is 17.0 Å². The number of nitro benzene ring substituents is 1. The lowest BCUT2D eigenvalue weighted by Crippen LogP contribution is -2.40.